The van der Waals surface area contributed by atoms with Gasteiger partial charge in [0.2, 0.25) is 9.04 Å². The predicted molar refractivity (Wildman–Crippen MR) is 40.9 cm³/mol. The van der Waals surface area contributed by atoms with Gasteiger partial charge >= 0.3 is 5.97 Å². The molecule has 0 N–H and O–H groups in total. The van der Waals surface area contributed by atoms with Gasteiger partial charge in [0, 0.05) is 5.57 Å². The van der Waals surface area contributed by atoms with Crippen LogP contribution in [-0.4, -0.2) is 15.0 Å². The van der Waals surface area contributed by atoms with Crippen molar-refractivity contribution in [3.8, 4) is 0 Å². The first-order chi connectivity index (χ1) is 4.54. The Morgan fingerprint density at radius 2 is 2.00 bits per heavy atom. The molecule has 0 spiro atoms. The summed E-state index contributed by atoms with van der Waals surface area (Å²) in [6, 6.07) is 0. The number of carbonyl (C=O) groups excluding carboxylic acids is 1. The SMILES string of the molecule is C=C(C)C(=O)OO[SiH](C)C. The zero-order chi connectivity index (χ0) is 8.15. The van der Waals surface area contributed by atoms with Crippen molar-refractivity contribution in [1.82, 2.24) is 0 Å². The van der Waals surface area contributed by atoms with Gasteiger partial charge in [0.25, 0.3) is 0 Å². The lowest BCUT2D eigenvalue weighted by molar-refractivity contribution is -0.211. The average Bonchev–Trinajstić information content (AvgIpc) is 1.82. The third kappa shape index (κ3) is 4.28. The van der Waals surface area contributed by atoms with Gasteiger partial charge in [-0.05, 0) is 20.0 Å². The monoisotopic (exact) mass is 160 g/mol. The van der Waals surface area contributed by atoms with E-state index in [0.717, 1.165) is 0 Å². The molecule has 0 unspecified atom stereocenters. The molecule has 0 atom stereocenters. The molecule has 0 aliphatic carbocycles. The van der Waals surface area contributed by atoms with Crippen LogP contribution < -0.4 is 0 Å². The van der Waals surface area contributed by atoms with E-state index in [4.69, 9.17) is 4.58 Å². The van der Waals surface area contributed by atoms with Crippen LogP contribution in [0.4, 0.5) is 0 Å². The quantitative estimate of drug-likeness (QED) is 0.267. The topological polar surface area (TPSA) is 35.5 Å². The van der Waals surface area contributed by atoms with Crippen LogP contribution in [0, 0.1) is 0 Å². The van der Waals surface area contributed by atoms with Crippen molar-refractivity contribution in [3.05, 3.63) is 12.2 Å². The van der Waals surface area contributed by atoms with Crippen LogP contribution in [0.2, 0.25) is 13.1 Å². The first-order valence-corrected chi connectivity index (χ1v) is 5.85. The number of hydrogen-bond donors (Lipinski definition) is 0. The Kier molecular flexibility index (Phi) is 3.98. The van der Waals surface area contributed by atoms with E-state index in [1.165, 1.54) is 0 Å². The van der Waals surface area contributed by atoms with Crippen molar-refractivity contribution in [1.29, 1.82) is 0 Å². The van der Waals surface area contributed by atoms with Gasteiger partial charge in [0.1, 0.15) is 0 Å². The van der Waals surface area contributed by atoms with Crippen molar-refractivity contribution >= 4 is 15.0 Å². The molecule has 3 nitrogen and oxygen atoms in total. The normalized spacial score (nSPS) is 9.60. The van der Waals surface area contributed by atoms with Gasteiger partial charge < -0.3 is 4.89 Å². The molecule has 0 aromatic carbocycles. The van der Waals surface area contributed by atoms with Crippen LogP contribution in [0.15, 0.2) is 12.2 Å². The molecule has 0 bridgehead atoms. The van der Waals surface area contributed by atoms with Crippen LogP contribution in [0.3, 0.4) is 0 Å². The van der Waals surface area contributed by atoms with Crippen LogP contribution in [-0.2, 0) is 14.3 Å². The van der Waals surface area contributed by atoms with Crippen molar-refractivity contribution < 1.29 is 14.3 Å². The second kappa shape index (κ2) is 4.24. The van der Waals surface area contributed by atoms with Crippen LogP contribution >= 0.6 is 0 Å². The Morgan fingerprint density at radius 1 is 1.50 bits per heavy atom. The van der Waals surface area contributed by atoms with Crippen molar-refractivity contribution in [2.45, 2.75) is 20.0 Å². The lowest BCUT2D eigenvalue weighted by Gasteiger charge is -2.04. The fraction of sp³-hybridized carbons (Fsp3) is 0.500. The molecule has 0 fully saturated rings. The minimum Gasteiger partial charge on any atom is -0.305 e. The Labute approximate surface area is 62.3 Å². The summed E-state index contributed by atoms with van der Waals surface area (Å²) in [5.41, 5.74) is 0.356. The van der Waals surface area contributed by atoms with E-state index in [1.54, 1.807) is 6.92 Å². The minimum absolute atomic E-state index is 0.356. The number of carbonyl (C=O) groups is 1. The number of rotatable bonds is 3. The molecule has 58 valence electrons. The standard InChI is InChI=1S/C6H12O3Si/c1-5(2)6(7)8-9-10(3)4/h10H,1H2,2-4H3. The summed E-state index contributed by atoms with van der Waals surface area (Å²) in [7, 11) is -1.25. The highest BCUT2D eigenvalue weighted by atomic mass is 28.3. The van der Waals surface area contributed by atoms with Crippen molar-refractivity contribution in [3.63, 3.8) is 0 Å². The molecule has 0 amide bonds. The van der Waals surface area contributed by atoms with Crippen LogP contribution in [0.25, 0.3) is 0 Å². The lowest BCUT2D eigenvalue weighted by atomic mass is 10.4. The van der Waals surface area contributed by atoms with Gasteiger partial charge in [0.05, 0.1) is 0 Å². The summed E-state index contributed by atoms with van der Waals surface area (Å²) >= 11 is 0. The molecule has 10 heavy (non-hydrogen) atoms. The molecule has 0 saturated carbocycles. The fourth-order valence-electron chi connectivity index (χ4n) is 0.211. The zero-order valence-electron chi connectivity index (χ0n) is 6.51. The van der Waals surface area contributed by atoms with Gasteiger partial charge in [-0.1, -0.05) is 6.58 Å². The molecular weight excluding hydrogens is 148 g/mol. The summed E-state index contributed by atoms with van der Waals surface area (Å²) in [6.07, 6.45) is 0. The van der Waals surface area contributed by atoms with E-state index in [9.17, 15) is 4.79 Å². The van der Waals surface area contributed by atoms with E-state index in [1.807, 2.05) is 13.1 Å². The van der Waals surface area contributed by atoms with Gasteiger partial charge in [-0.15, -0.1) is 0 Å². The molecule has 0 aromatic rings. The molecule has 4 heteroatoms. The second-order valence-corrected chi connectivity index (χ2v) is 4.59. The lowest BCUT2D eigenvalue weighted by Crippen LogP contribution is -2.13. The highest BCUT2D eigenvalue weighted by Gasteiger charge is 2.05. The van der Waals surface area contributed by atoms with Gasteiger partial charge in [-0.3, -0.25) is 0 Å². The predicted octanol–water partition coefficient (Wildman–Crippen LogP) is 1.02. The first-order valence-electron chi connectivity index (χ1n) is 3.07. The molecule has 0 heterocycles. The summed E-state index contributed by atoms with van der Waals surface area (Å²) in [5, 5.41) is 0. The maximum absolute atomic E-state index is 10.6. The maximum atomic E-state index is 10.6. The largest absolute Gasteiger partial charge is 0.366 e. The number of hydrogen-bond acceptors (Lipinski definition) is 3. The van der Waals surface area contributed by atoms with E-state index < -0.39 is 15.0 Å². The molecule has 0 saturated heterocycles. The minimum atomic E-state index is -1.25. The smallest absolute Gasteiger partial charge is 0.305 e. The first kappa shape index (κ1) is 9.39. The fourth-order valence-corrected chi connectivity index (χ4v) is 0.491. The third-order valence-corrected chi connectivity index (χ3v) is 1.15. The van der Waals surface area contributed by atoms with Gasteiger partial charge in [0.15, 0.2) is 0 Å². The summed E-state index contributed by atoms with van der Waals surface area (Å²) in [5.74, 6) is -0.485. The molecule has 0 radical (unpaired) electrons. The summed E-state index contributed by atoms with van der Waals surface area (Å²) in [6.45, 7) is 8.79. The molecule has 0 rings (SSSR count). The molecular formula is C6H12O3Si. The highest BCUT2D eigenvalue weighted by Crippen LogP contribution is 1.94. The zero-order valence-corrected chi connectivity index (χ0v) is 7.66. The third-order valence-electron chi connectivity index (χ3n) is 0.665. The van der Waals surface area contributed by atoms with Crippen molar-refractivity contribution in [2.75, 3.05) is 0 Å². The van der Waals surface area contributed by atoms with Crippen LogP contribution in [0.1, 0.15) is 6.92 Å². The molecule has 0 aliphatic heterocycles. The van der Waals surface area contributed by atoms with Gasteiger partial charge in [-0.25, -0.2) is 9.37 Å². The Hall–Kier alpha value is -0.613. The molecule has 0 aliphatic rings. The Bertz CT molecular complexity index is 142. The summed E-state index contributed by atoms with van der Waals surface area (Å²) in [4.78, 5) is 15.0. The van der Waals surface area contributed by atoms with Crippen LogP contribution in [0.5, 0.6) is 0 Å². The van der Waals surface area contributed by atoms with Crippen molar-refractivity contribution in [2.24, 2.45) is 0 Å². The highest BCUT2D eigenvalue weighted by molar-refractivity contribution is 6.48. The Balaban J connectivity index is 3.50. The van der Waals surface area contributed by atoms with E-state index in [0.29, 0.717) is 5.57 Å². The van der Waals surface area contributed by atoms with E-state index in [-0.39, 0.29) is 0 Å². The second-order valence-electron chi connectivity index (χ2n) is 2.30. The maximum Gasteiger partial charge on any atom is 0.366 e. The summed E-state index contributed by atoms with van der Waals surface area (Å²) < 4.78 is 4.69. The van der Waals surface area contributed by atoms with E-state index >= 15 is 0 Å². The van der Waals surface area contributed by atoms with E-state index in [2.05, 4.69) is 11.5 Å². The average molecular weight is 160 g/mol. The Morgan fingerprint density at radius 3 is 2.30 bits per heavy atom. The molecule has 0 aromatic heterocycles. The van der Waals surface area contributed by atoms with Gasteiger partial charge in [-0.2, -0.15) is 0 Å².